The summed E-state index contributed by atoms with van der Waals surface area (Å²) in [5.41, 5.74) is -0.169. The molecule has 32 heavy (non-hydrogen) atoms. The van der Waals surface area contributed by atoms with Gasteiger partial charge in [-0.05, 0) is 37.6 Å². The predicted octanol–water partition coefficient (Wildman–Crippen LogP) is 4.11. The Labute approximate surface area is 187 Å². The molecule has 0 fully saturated rings. The Balaban J connectivity index is 1.96. The number of aryl methyl sites for hydroxylation is 1. The van der Waals surface area contributed by atoms with Crippen molar-refractivity contribution in [3.05, 3.63) is 43.4 Å². The molecule has 1 unspecified atom stereocenters. The number of ether oxygens (including phenoxy) is 4. The van der Waals surface area contributed by atoms with Gasteiger partial charge in [-0.3, -0.25) is 0 Å². The van der Waals surface area contributed by atoms with E-state index in [2.05, 4.69) is 35.0 Å². The Hall–Kier alpha value is -3.03. The normalized spacial score (nSPS) is 16.1. The molecule has 0 aliphatic carbocycles. The highest BCUT2D eigenvalue weighted by Crippen LogP contribution is 2.40. The quantitative estimate of drug-likeness (QED) is 0.212. The van der Waals surface area contributed by atoms with Crippen molar-refractivity contribution in [2.24, 2.45) is 0 Å². The first-order valence-corrected chi connectivity index (χ1v) is 9.70. The first-order valence-electron chi connectivity index (χ1n) is 8.91. The fraction of sp³-hybridized carbons (Fsp3) is 0.444. The van der Waals surface area contributed by atoms with Gasteiger partial charge in [0, 0.05) is 16.5 Å². The van der Waals surface area contributed by atoms with E-state index in [1.54, 1.807) is 13.0 Å². The number of nitrogens with zero attached hydrogens (tertiary/aromatic N) is 1. The van der Waals surface area contributed by atoms with Crippen molar-refractivity contribution in [2.75, 3.05) is 13.4 Å². The lowest BCUT2D eigenvalue weighted by molar-refractivity contribution is -0.767. The zero-order chi connectivity index (χ0) is 24.1. The Morgan fingerprint density at radius 2 is 1.97 bits per heavy atom. The van der Waals surface area contributed by atoms with Crippen LogP contribution < -0.4 is 4.74 Å². The molecule has 2 atom stereocenters. The van der Waals surface area contributed by atoms with E-state index in [4.69, 9.17) is 4.74 Å². The van der Waals surface area contributed by atoms with E-state index in [1.807, 2.05) is 0 Å². The number of alkyl halides is 3. The van der Waals surface area contributed by atoms with E-state index >= 15 is 0 Å². The van der Waals surface area contributed by atoms with Gasteiger partial charge < -0.3 is 23.8 Å². The van der Waals surface area contributed by atoms with Crippen LogP contribution in [0.15, 0.2) is 22.2 Å². The van der Waals surface area contributed by atoms with E-state index in [9.17, 15) is 32.9 Å². The van der Waals surface area contributed by atoms with Crippen molar-refractivity contribution in [3.8, 4) is 5.75 Å². The molecule has 2 rings (SSSR count). The SMILES string of the molecule is Cc1cc(Br)cc2c1O[C@H](C(F)(F)F)C(C(=O)OCOC(=O)OCCC(C)O[N+](=O)[O-])=C2. The van der Waals surface area contributed by atoms with Gasteiger partial charge in [-0.15, -0.1) is 10.1 Å². The van der Waals surface area contributed by atoms with Crippen LogP contribution in [0.1, 0.15) is 24.5 Å². The van der Waals surface area contributed by atoms with Crippen molar-refractivity contribution in [1.29, 1.82) is 0 Å². The number of esters is 1. The van der Waals surface area contributed by atoms with Crippen molar-refractivity contribution in [1.82, 2.24) is 0 Å². The molecule has 0 amide bonds. The van der Waals surface area contributed by atoms with E-state index in [-0.39, 0.29) is 24.3 Å². The van der Waals surface area contributed by atoms with Crippen molar-refractivity contribution in [2.45, 2.75) is 38.7 Å². The third-order valence-electron chi connectivity index (χ3n) is 4.01. The van der Waals surface area contributed by atoms with Crippen LogP contribution in [0.2, 0.25) is 0 Å². The molecule has 0 saturated heterocycles. The second-order valence-corrected chi connectivity index (χ2v) is 7.42. The van der Waals surface area contributed by atoms with E-state index in [0.717, 1.165) is 6.08 Å². The summed E-state index contributed by atoms with van der Waals surface area (Å²) >= 11 is 3.22. The third kappa shape index (κ3) is 7.00. The molecule has 0 N–H and O–H groups in total. The highest BCUT2D eigenvalue weighted by atomic mass is 79.9. The van der Waals surface area contributed by atoms with Crippen molar-refractivity contribution in [3.63, 3.8) is 0 Å². The van der Waals surface area contributed by atoms with Gasteiger partial charge in [-0.1, -0.05) is 15.9 Å². The van der Waals surface area contributed by atoms with Crippen molar-refractivity contribution >= 4 is 34.1 Å². The van der Waals surface area contributed by atoms with Crippen LogP contribution in [0, 0.1) is 17.0 Å². The Morgan fingerprint density at radius 1 is 1.28 bits per heavy atom. The number of halogens is 4. The molecular weight excluding hydrogens is 511 g/mol. The van der Waals surface area contributed by atoms with Gasteiger partial charge in [-0.25, -0.2) is 9.59 Å². The first-order chi connectivity index (χ1) is 14.9. The standard InChI is InChI=1S/C18H17BrF3NO9/c1-9-5-12(19)6-11-7-13(15(18(20,21)22)31-14(9)11)16(24)29-8-30-17(25)28-4-3-10(2)32-23(26)27/h5-7,10,15H,3-4,8H2,1-2H3/t10?,15-/m0/s1. The van der Waals surface area contributed by atoms with E-state index in [1.165, 1.54) is 13.0 Å². The maximum absolute atomic E-state index is 13.5. The summed E-state index contributed by atoms with van der Waals surface area (Å²) in [7, 11) is 0. The third-order valence-corrected chi connectivity index (χ3v) is 4.47. The van der Waals surface area contributed by atoms with Gasteiger partial charge in [0.2, 0.25) is 12.9 Å². The van der Waals surface area contributed by atoms with Gasteiger partial charge in [0.15, 0.2) is 0 Å². The molecule has 1 aromatic rings. The molecule has 0 spiro atoms. The average molecular weight is 528 g/mol. The summed E-state index contributed by atoms with van der Waals surface area (Å²) in [5, 5.41) is 9.14. The van der Waals surface area contributed by atoms with E-state index < -0.39 is 48.0 Å². The molecule has 0 saturated carbocycles. The van der Waals surface area contributed by atoms with Crippen LogP contribution in [0.4, 0.5) is 18.0 Å². The number of carbonyl (C=O) groups is 2. The molecule has 0 bridgehead atoms. The van der Waals surface area contributed by atoms with Crippen LogP contribution in [0.25, 0.3) is 6.08 Å². The van der Waals surface area contributed by atoms with Gasteiger partial charge in [0.05, 0.1) is 12.2 Å². The monoisotopic (exact) mass is 527 g/mol. The number of fused-ring (bicyclic) bond motifs is 1. The predicted molar refractivity (Wildman–Crippen MR) is 103 cm³/mol. The average Bonchev–Trinajstić information content (AvgIpc) is 2.65. The maximum Gasteiger partial charge on any atom is 0.511 e. The highest BCUT2D eigenvalue weighted by Gasteiger charge is 2.49. The zero-order valence-electron chi connectivity index (χ0n) is 16.6. The van der Waals surface area contributed by atoms with Crippen LogP contribution in [-0.4, -0.2) is 49.0 Å². The minimum atomic E-state index is -4.91. The molecule has 1 aliphatic heterocycles. The fourth-order valence-electron chi connectivity index (χ4n) is 2.62. The van der Waals surface area contributed by atoms with Gasteiger partial charge in [-0.2, -0.15) is 13.2 Å². The summed E-state index contributed by atoms with van der Waals surface area (Å²) in [4.78, 5) is 38.0. The largest absolute Gasteiger partial charge is 0.511 e. The number of hydrogen-bond donors (Lipinski definition) is 0. The summed E-state index contributed by atoms with van der Waals surface area (Å²) in [6, 6.07) is 3.03. The summed E-state index contributed by atoms with van der Waals surface area (Å²) in [6.07, 6.45) is -8.66. The lowest BCUT2D eigenvalue weighted by atomic mass is 9.99. The van der Waals surface area contributed by atoms with E-state index in [0.29, 0.717) is 10.0 Å². The second kappa shape index (κ2) is 10.5. The number of rotatable bonds is 8. The molecule has 10 nitrogen and oxygen atoms in total. The minimum Gasteiger partial charge on any atom is -0.475 e. The molecule has 0 radical (unpaired) electrons. The molecule has 1 aromatic carbocycles. The Morgan fingerprint density at radius 3 is 2.59 bits per heavy atom. The topological polar surface area (TPSA) is 123 Å². The summed E-state index contributed by atoms with van der Waals surface area (Å²) in [6.45, 7) is 1.60. The number of benzene rings is 1. The van der Waals surface area contributed by atoms with Gasteiger partial charge >= 0.3 is 18.3 Å². The molecular formula is C18H17BrF3NO9. The molecule has 1 aliphatic rings. The Kier molecular flexibility index (Phi) is 8.30. The number of hydrogen-bond acceptors (Lipinski definition) is 9. The second-order valence-electron chi connectivity index (χ2n) is 6.50. The fourth-order valence-corrected chi connectivity index (χ4v) is 3.21. The maximum atomic E-state index is 13.5. The lowest BCUT2D eigenvalue weighted by Gasteiger charge is -2.28. The Bertz CT molecular complexity index is 920. The summed E-state index contributed by atoms with van der Waals surface area (Å²) < 4.78 is 59.6. The first kappa shape index (κ1) is 25.2. The van der Waals surface area contributed by atoms with Crippen LogP contribution in [0.3, 0.4) is 0 Å². The zero-order valence-corrected chi connectivity index (χ0v) is 18.2. The smallest absolute Gasteiger partial charge is 0.475 e. The van der Waals surface area contributed by atoms with Crippen LogP contribution in [0.5, 0.6) is 5.75 Å². The number of carbonyl (C=O) groups excluding carboxylic acids is 2. The molecule has 176 valence electrons. The molecule has 0 aromatic heterocycles. The molecule has 1 heterocycles. The summed E-state index contributed by atoms with van der Waals surface area (Å²) in [5.74, 6) is -1.43. The lowest BCUT2D eigenvalue weighted by Crippen LogP contribution is -2.41. The minimum absolute atomic E-state index is 0.0258. The molecule has 14 heteroatoms. The van der Waals surface area contributed by atoms with Crippen LogP contribution in [-0.2, 0) is 23.8 Å². The highest BCUT2D eigenvalue weighted by molar-refractivity contribution is 9.10. The van der Waals surface area contributed by atoms with Gasteiger partial charge in [0.1, 0.15) is 11.9 Å². The van der Waals surface area contributed by atoms with Crippen molar-refractivity contribution < 1.29 is 51.6 Å². The van der Waals surface area contributed by atoms with Gasteiger partial charge in [0.25, 0.3) is 5.09 Å². The van der Waals surface area contributed by atoms with Crippen LogP contribution >= 0.6 is 15.9 Å².